The largest absolute Gasteiger partial charge is 0.381 e. The Balaban J connectivity index is 2.22. The lowest BCUT2D eigenvalue weighted by molar-refractivity contribution is -0.133. The Morgan fingerprint density at radius 3 is 3.07 bits per heavy atom. The van der Waals surface area contributed by atoms with Crippen molar-refractivity contribution in [1.82, 2.24) is 10.2 Å². The summed E-state index contributed by atoms with van der Waals surface area (Å²) < 4.78 is 5.16. The maximum atomic E-state index is 11.6. The number of nitrogens with one attached hydrogen (secondary N) is 1. The first-order valence-corrected chi connectivity index (χ1v) is 5.33. The summed E-state index contributed by atoms with van der Waals surface area (Å²) in [6, 6.07) is 0.416. The Morgan fingerprint density at radius 2 is 2.43 bits per heavy atom. The minimum Gasteiger partial charge on any atom is -0.381 e. The highest BCUT2D eigenvalue weighted by atomic mass is 16.5. The minimum absolute atomic E-state index is 0.215. The van der Waals surface area contributed by atoms with Crippen molar-refractivity contribution < 1.29 is 9.53 Å². The van der Waals surface area contributed by atoms with Crippen molar-refractivity contribution in [2.75, 3.05) is 32.8 Å². The van der Waals surface area contributed by atoms with Gasteiger partial charge >= 0.3 is 0 Å². The van der Waals surface area contributed by atoms with E-state index in [1.165, 1.54) is 0 Å². The van der Waals surface area contributed by atoms with Gasteiger partial charge in [0.2, 0.25) is 5.91 Å². The van der Waals surface area contributed by atoms with Crippen molar-refractivity contribution in [1.29, 1.82) is 0 Å². The molecular weight excluding hydrogens is 180 g/mol. The zero-order chi connectivity index (χ0) is 10.4. The van der Waals surface area contributed by atoms with Crippen LogP contribution in [0.25, 0.3) is 0 Å². The third kappa shape index (κ3) is 3.64. The lowest BCUT2D eigenvalue weighted by atomic mass is 10.2. The lowest BCUT2D eigenvalue weighted by Gasteiger charge is -2.31. The van der Waals surface area contributed by atoms with Crippen molar-refractivity contribution in [3.8, 4) is 0 Å². The van der Waals surface area contributed by atoms with E-state index in [0.717, 1.165) is 19.6 Å². The van der Waals surface area contributed by atoms with E-state index in [-0.39, 0.29) is 5.91 Å². The molecule has 0 radical (unpaired) electrons. The van der Waals surface area contributed by atoms with Gasteiger partial charge < -0.3 is 15.0 Å². The average Bonchev–Trinajstić information content (AvgIpc) is 2.18. The topological polar surface area (TPSA) is 41.6 Å². The fraction of sp³-hybridized carbons (Fsp3) is 0.900. The molecule has 1 unspecified atom stereocenters. The van der Waals surface area contributed by atoms with Crippen molar-refractivity contribution in [3.63, 3.8) is 0 Å². The standard InChI is InChI=1S/C10H20N2O2/c1-3-14-7-4-10(13)12-6-5-11-9(2)8-12/h9,11H,3-8H2,1-2H3. The number of amides is 1. The maximum Gasteiger partial charge on any atom is 0.224 e. The second kappa shape index (κ2) is 5.98. The first-order chi connectivity index (χ1) is 6.74. The number of rotatable bonds is 4. The molecule has 1 heterocycles. The van der Waals surface area contributed by atoms with Crippen LogP contribution in [0.1, 0.15) is 20.3 Å². The first kappa shape index (κ1) is 11.5. The van der Waals surface area contributed by atoms with Gasteiger partial charge in [-0.2, -0.15) is 0 Å². The van der Waals surface area contributed by atoms with Gasteiger partial charge in [0.15, 0.2) is 0 Å². The highest BCUT2D eigenvalue weighted by Crippen LogP contribution is 2.01. The number of piperazine rings is 1. The van der Waals surface area contributed by atoms with Crippen molar-refractivity contribution in [2.45, 2.75) is 26.3 Å². The molecule has 0 spiro atoms. The molecule has 1 aliphatic heterocycles. The van der Waals surface area contributed by atoms with E-state index in [0.29, 0.717) is 25.7 Å². The van der Waals surface area contributed by atoms with E-state index in [9.17, 15) is 4.79 Å². The van der Waals surface area contributed by atoms with Crippen LogP contribution in [0.3, 0.4) is 0 Å². The number of hydrogen-bond acceptors (Lipinski definition) is 3. The van der Waals surface area contributed by atoms with Crippen LogP contribution >= 0.6 is 0 Å². The highest BCUT2D eigenvalue weighted by Gasteiger charge is 2.19. The predicted molar refractivity (Wildman–Crippen MR) is 55.2 cm³/mol. The van der Waals surface area contributed by atoms with Gasteiger partial charge in [0.25, 0.3) is 0 Å². The quantitative estimate of drug-likeness (QED) is 0.661. The Labute approximate surface area is 85.6 Å². The van der Waals surface area contributed by atoms with E-state index in [1.54, 1.807) is 0 Å². The number of ether oxygens (including phenoxy) is 1. The average molecular weight is 200 g/mol. The van der Waals surface area contributed by atoms with Gasteiger partial charge in [-0.3, -0.25) is 4.79 Å². The lowest BCUT2D eigenvalue weighted by Crippen LogP contribution is -2.51. The third-order valence-corrected chi connectivity index (χ3v) is 2.39. The van der Waals surface area contributed by atoms with Crippen molar-refractivity contribution in [3.05, 3.63) is 0 Å². The Hall–Kier alpha value is -0.610. The molecule has 0 saturated carbocycles. The maximum absolute atomic E-state index is 11.6. The first-order valence-electron chi connectivity index (χ1n) is 5.33. The van der Waals surface area contributed by atoms with Gasteiger partial charge in [0.05, 0.1) is 13.0 Å². The zero-order valence-electron chi connectivity index (χ0n) is 9.08. The van der Waals surface area contributed by atoms with Gasteiger partial charge in [0, 0.05) is 32.3 Å². The van der Waals surface area contributed by atoms with Gasteiger partial charge in [-0.15, -0.1) is 0 Å². The minimum atomic E-state index is 0.215. The van der Waals surface area contributed by atoms with E-state index in [2.05, 4.69) is 12.2 Å². The molecule has 0 bridgehead atoms. The predicted octanol–water partition coefficient (Wildman–Crippen LogP) is 0.233. The van der Waals surface area contributed by atoms with Gasteiger partial charge in [0.1, 0.15) is 0 Å². The number of carbonyl (C=O) groups excluding carboxylic acids is 1. The summed E-state index contributed by atoms with van der Waals surface area (Å²) in [5, 5.41) is 3.31. The molecule has 4 nitrogen and oxygen atoms in total. The summed E-state index contributed by atoms with van der Waals surface area (Å²) in [6.45, 7) is 7.83. The molecule has 0 aliphatic carbocycles. The van der Waals surface area contributed by atoms with Crippen molar-refractivity contribution in [2.24, 2.45) is 0 Å². The fourth-order valence-electron chi connectivity index (χ4n) is 1.62. The molecule has 14 heavy (non-hydrogen) atoms. The molecule has 1 saturated heterocycles. The molecule has 82 valence electrons. The molecule has 0 aromatic carbocycles. The Kier molecular flexibility index (Phi) is 4.90. The molecule has 0 aromatic heterocycles. The highest BCUT2D eigenvalue weighted by molar-refractivity contribution is 5.76. The second-order valence-corrected chi connectivity index (χ2v) is 3.64. The van der Waals surface area contributed by atoms with E-state index >= 15 is 0 Å². The summed E-state index contributed by atoms with van der Waals surface area (Å²) in [5.74, 6) is 0.215. The van der Waals surface area contributed by atoms with Crippen molar-refractivity contribution >= 4 is 5.91 Å². The smallest absolute Gasteiger partial charge is 0.224 e. The van der Waals surface area contributed by atoms with Gasteiger partial charge in [-0.05, 0) is 13.8 Å². The monoisotopic (exact) mass is 200 g/mol. The number of hydrogen-bond donors (Lipinski definition) is 1. The zero-order valence-corrected chi connectivity index (χ0v) is 9.08. The van der Waals surface area contributed by atoms with Crippen LogP contribution in [-0.2, 0) is 9.53 Å². The fourth-order valence-corrected chi connectivity index (χ4v) is 1.62. The molecule has 1 N–H and O–H groups in total. The molecule has 1 aliphatic rings. The summed E-state index contributed by atoms with van der Waals surface area (Å²) in [7, 11) is 0. The van der Waals surface area contributed by atoms with Crippen LogP contribution in [0, 0.1) is 0 Å². The van der Waals surface area contributed by atoms with Crippen LogP contribution < -0.4 is 5.32 Å². The molecule has 4 heteroatoms. The molecule has 1 rings (SSSR count). The van der Waals surface area contributed by atoms with Crippen LogP contribution in [-0.4, -0.2) is 49.7 Å². The van der Waals surface area contributed by atoms with Crippen LogP contribution in [0.2, 0.25) is 0 Å². The molecular formula is C10H20N2O2. The number of carbonyl (C=O) groups is 1. The molecule has 1 amide bonds. The third-order valence-electron chi connectivity index (χ3n) is 2.39. The normalized spacial score (nSPS) is 22.4. The molecule has 1 fully saturated rings. The van der Waals surface area contributed by atoms with Crippen LogP contribution in [0.15, 0.2) is 0 Å². The van der Waals surface area contributed by atoms with E-state index < -0.39 is 0 Å². The van der Waals surface area contributed by atoms with E-state index in [4.69, 9.17) is 4.74 Å². The second-order valence-electron chi connectivity index (χ2n) is 3.64. The summed E-state index contributed by atoms with van der Waals surface area (Å²) in [4.78, 5) is 13.6. The van der Waals surface area contributed by atoms with Crippen LogP contribution in [0.4, 0.5) is 0 Å². The van der Waals surface area contributed by atoms with Crippen LogP contribution in [0.5, 0.6) is 0 Å². The summed E-state index contributed by atoms with van der Waals surface area (Å²) in [6.07, 6.45) is 0.514. The Morgan fingerprint density at radius 1 is 1.64 bits per heavy atom. The van der Waals surface area contributed by atoms with Gasteiger partial charge in [-0.1, -0.05) is 0 Å². The van der Waals surface area contributed by atoms with Gasteiger partial charge in [-0.25, -0.2) is 0 Å². The SMILES string of the molecule is CCOCCC(=O)N1CCNC(C)C1. The van der Waals surface area contributed by atoms with E-state index in [1.807, 2.05) is 11.8 Å². The molecule has 0 aromatic rings. The molecule has 1 atom stereocenters. The summed E-state index contributed by atoms with van der Waals surface area (Å²) in [5.41, 5.74) is 0. The number of nitrogens with zero attached hydrogens (tertiary/aromatic N) is 1. The summed E-state index contributed by atoms with van der Waals surface area (Å²) >= 11 is 0. The Bertz CT molecular complexity index is 185.